The van der Waals surface area contributed by atoms with Crippen molar-refractivity contribution in [3.8, 4) is 0 Å². The fraction of sp³-hybridized carbons (Fsp3) is 0.471. The van der Waals surface area contributed by atoms with E-state index in [-0.39, 0.29) is 25.0 Å². The molecule has 0 spiro atoms. The first-order valence-electron chi connectivity index (χ1n) is 8.77. The van der Waals surface area contributed by atoms with Gasteiger partial charge in [-0.3, -0.25) is 14.9 Å². The van der Waals surface area contributed by atoms with E-state index >= 15 is 0 Å². The third kappa shape index (κ3) is 4.30. The molecule has 2 saturated heterocycles. The second-order valence-corrected chi connectivity index (χ2v) is 9.12. The molecule has 0 unspecified atom stereocenters. The summed E-state index contributed by atoms with van der Waals surface area (Å²) in [6.45, 7) is 1.73. The summed E-state index contributed by atoms with van der Waals surface area (Å²) in [6, 6.07) is 4.22. The summed E-state index contributed by atoms with van der Waals surface area (Å²) in [5.41, 5.74) is -1.18. The third-order valence-electron chi connectivity index (χ3n) is 4.88. The number of piperidine rings is 1. The number of hydrogen-bond donors (Lipinski definition) is 3. The Bertz CT molecular complexity index is 897. The van der Waals surface area contributed by atoms with Gasteiger partial charge in [-0.05, 0) is 44.0 Å². The van der Waals surface area contributed by atoms with Crippen LogP contribution in [0.4, 0.5) is 9.18 Å². The van der Waals surface area contributed by atoms with E-state index < -0.39 is 39.1 Å². The number of hydrogen-bond acceptors (Lipinski definition) is 5. The summed E-state index contributed by atoms with van der Waals surface area (Å²) in [4.78, 5) is 35.3. The van der Waals surface area contributed by atoms with Crippen LogP contribution in [0, 0.1) is 5.82 Å². The van der Waals surface area contributed by atoms with Gasteiger partial charge in [-0.25, -0.2) is 21.9 Å². The van der Waals surface area contributed by atoms with Crippen molar-refractivity contribution in [2.45, 2.75) is 31.3 Å². The van der Waals surface area contributed by atoms with Crippen molar-refractivity contribution in [3.05, 3.63) is 35.6 Å². The number of benzene rings is 1. The molecule has 4 amide bonds. The van der Waals surface area contributed by atoms with Gasteiger partial charge in [0.25, 0.3) is 11.8 Å². The van der Waals surface area contributed by atoms with Gasteiger partial charge in [0.1, 0.15) is 11.4 Å². The minimum absolute atomic E-state index is 0.183. The highest BCUT2D eigenvalue weighted by atomic mass is 32.2. The molecule has 0 aromatic heterocycles. The summed E-state index contributed by atoms with van der Waals surface area (Å²) in [5, 5.41) is 7.20. The topological polar surface area (TPSA) is 125 Å². The molecule has 0 radical (unpaired) electrons. The summed E-state index contributed by atoms with van der Waals surface area (Å²) in [6.07, 6.45) is 0.808. The molecule has 1 atom stereocenters. The Morgan fingerprint density at radius 2 is 1.86 bits per heavy atom. The number of imide groups is 1. The van der Waals surface area contributed by atoms with Crippen molar-refractivity contribution in [3.63, 3.8) is 0 Å². The van der Waals surface area contributed by atoms with E-state index in [1.165, 1.54) is 35.5 Å². The van der Waals surface area contributed by atoms with E-state index in [9.17, 15) is 27.2 Å². The van der Waals surface area contributed by atoms with Crippen LogP contribution in [0.3, 0.4) is 0 Å². The Morgan fingerprint density at radius 3 is 2.39 bits per heavy atom. The number of carbonyl (C=O) groups is 3. The van der Waals surface area contributed by atoms with Crippen LogP contribution in [0.25, 0.3) is 0 Å². The number of nitrogens with one attached hydrogen (secondary N) is 3. The summed E-state index contributed by atoms with van der Waals surface area (Å²) in [7, 11) is -3.79. The summed E-state index contributed by atoms with van der Waals surface area (Å²) < 4.78 is 39.5. The number of rotatable bonds is 5. The number of urea groups is 1. The lowest BCUT2D eigenvalue weighted by Crippen LogP contribution is -2.54. The van der Waals surface area contributed by atoms with Crippen molar-refractivity contribution < 1.29 is 27.2 Å². The van der Waals surface area contributed by atoms with Crippen LogP contribution in [0.2, 0.25) is 0 Å². The second-order valence-electron chi connectivity index (χ2n) is 7.15. The van der Waals surface area contributed by atoms with Crippen LogP contribution < -0.4 is 16.0 Å². The normalized spacial score (nSPS) is 23.9. The predicted octanol–water partition coefficient (Wildman–Crippen LogP) is -0.0522. The molecule has 3 N–H and O–H groups in total. The Kier molecular flexibility index (Phi) is 5.39. The Morgan fingerprint density at radius 1 is 1.25 bits per heavy atom. The Labute approximate surface area is 161 Å². The smallest absolute Gasteiger partial charge is 0.322 e. The standard InChI is InChI=1S/C17H21FN4O5S/c1-17(15(24)20-16(25)21-17)10-28(26,27)22-8-6-13(7-9-22)19-14(23)11-2-4-12(18)5-3-11/h2-5,13H,6-10H2,1H3,(H,19,23)(H2,20,21,24,25)/t17-/m0/s1. The maximum absolute atomic E-state index is 12.9. The van der Waals surface area contributed by atoms with Gasteiger partial charge >= 0.3 is 6.03 Å². The molecule has 152 valence electrons. The van der Waals surface area contributed by atoms with Gasteiger partial charge in [-0.15, -0.1) is 0 Å². The van der Waals surface area contributed by atoms with Gasteiger partial charge in [-0.2, -0.15) is 0 Å². The second kappa shape index (κ2) is 7.47. The molecule has 0 aliphatic carbocycles. The molecular weight excluding hydrogens is 391 g/mol. The average molecular weight is 412 g/mol. The molecule has 3 rings (SSSR count). The van der Waals surface area contributed by atoms with Crippen molar-refractivity contribution >= 4 is 27.9 Å². The molecule has 2 fully saturated rings. The average Bonchev–Trinajstić information content (AvgIpc) is 2.86. The first-order chi connectivity index (χ1) is 13.1. The van der Waals surface area contributed by atoms with Crippen LogP contribution in [-0.2, 0) is 14.8 Å². The Hall–Kier alpha value is -2.53. The van der Waals surface area contributed by atoms with Crippen molar-refractivity contribution in [1.29, 1.82) is 0 Å². The zero-order valence-electron chi connectivity index (χ0n) is 15.2. The molecular formula is C17H21FN4O5S. The van der Waals surface area contributed by atoms with Crippen LogP contribution in [-0.4, -0.2) is 61.0 Å². The third-order valence-corrected chi connectivity index (χ3v) is 6.97. The number of carbonyl (C=O) groups excluding carboxylic acids is 3. The SMILES string of the molecule is C[C@@]1(CS(=O)(=O)N2CCC(NC(=O)c3ccc(F)cc3)CC2)NC(=O)NC1=O. The van der Waals surface area contributed by atoms with Crippen LogP contribution in [0.5, 0.6) is 0 Å². The van der Waals surface area contributed by atoms with Gasteiger partial charge in [0.2, 0.25) is 10.0 Å². The van der Waals surface area contributed by atoms with Gasteiger partial charge in [-0.1, -0.05) is 0 Å². The van der Waals surface area contributed by atoms with Crippen molar-refractivity contribution in [1.82, 2.24) is 20.3 Å². The number of nitrogens with zero attached hydrogens (tertiary/aromatic N) is 1. The zero-order chi connectivity index (χ0) is 20.5. The lowest BCUT2D eigenvalue weighted by atomic mass is 10.1. The minimum Gasteiger partial charge on any atom is -0.349 e. The van der Waals surface area contributed by atoms with Crippen LogP contribution in [0.1, 0.15) is 30.1 Å². The van der Waals surface area contributed by atoms with E-state index in [1.54, 1.807) is 0 Å². The lowest BCUT2D eigenvalue weighted by molar-refractivity contribution is -0.122. The van der Waals surface area contributed by atoms with Gasteiger partial charge in [0.15, 0.2) is 0 Å². The predicted molar refractivity (Wildman–Crippen MR) is 97.3 cm³/mol. The van der Waals surface area contributed by atoms with Gasteiger partial charge < -0.3 is 10.6 Å². The fourth-order valence-corrected chi connectivity index (χ4v) is 5.17. The van der Waals surface area contributed by atoms with Gasteiger partial charge in [0.05, 0.1) is 5.75 Å². The highest BCUT2D eigenvalue weighted by Crippen LogP contribution is 2.20. The molecule has 1 aromatic carbocycles. The van der Waals surface area contributed by atoms with Gasteiger partial charge in [0, 0.05) is 24.7 Å². The van der Waals surface area contributed by atoms with Crippen molar-refractivity contribution in [2.75, 3.05) is 18.8 Å². The first kappa shape index (κ1) is 20.2. The fourth-order valence-electron chi connectivity index (χ4n) is 3.29. The molecule has 2 aliphatic rings. The first-order valence-corrected chi connectivity index (χ1v) is 10.4. The number of amides is 4. The largest absolute Gasteiger partial charge is 0.349 e. The molecule has 11 heteroatoms. The quantitative estimate of drug-likeness (QED) is 0.585. The van der Waals surface area contributed by atoms with Crippen LogP contribution >= 0.6 is 0 Å². The van der Waals surface area contributed by atoms with Crippen molar-refractivity contribution in [2.24, 2.45) is 0 Å². The van der Waals surface area contributed by atoms with Crippen LogP contribution in [0.15, 0.2) is 24.3 Å². The zero-order valence-corrected chi connectivity index (χ0v) is 16.0. The molecule has 0 saturated carbocycles. The lowest BCUT2D eigenvalue weighted by Gasteiger charge is -2.33. The molecule has 2 aliphatic heterocycles. The number of sulfonamides is 1. The van der Waals surface area contributed by atoms with E-state index in [1.807, 2.05) is 5.32 Å². The highest BCUT2D eigenvalue weighted by molar-refractivity contribution is 7.89. The molecule has 9 nitrogen and oxygen atoms in total. The van der Waals surface area contributed by atoms with E-state index in [2.05, 4.69) is 10.6 Å². The van der Waals surface area contributed by atoms with E-state index in [0.717, 1.165) is 0 Å². The maximum Gasteiger partial charge on any atom is 0.322 e. The minimum atomic E-state index is -3.79. The number of halogens is 1. The molecule has 2 heterocycles. The van der Waals surface area contributed by atoms with E-state index in [4.69, 9.17) is 0 Å². The molecule has 1 aromatic rings. The molecule has 0 bridgehead atoms. The maximum atomic E-state index is 12.9. The summed E-state index contributed by atoms with van der Waals surface area (Å²) in [5.74, 6) is -2.00. The summed E-state index contributed by atoms with van der Waals surface area (Å²) >= 11 is 0. The highest BCUT2D eigenvalue weighted by Gasteiger charge is 2.46. The Balaban J connectivity index is 1.55. The van der Waals surface area contributed by atoms with E-state index in [0.29, 0.717) is 18.4 Å². The monoisotopic (exact) mass is 412 g/mol. The molecule has 28 heavy (non-hydrogen) atoms.